The molecule has 3 nitrogen and oxygen atoms in total. The Morgan fingerprint density at radius 1 is 1.56 bits per heavy atom. The van der Waals surface area contributed by atoms with Crippen LogP contribution in [-0.2, 0) is 0 Å². The zero-order chi connectivity index (χ0) is 11.5. The Bertz CT molecular complexity index is 375. The summed E-state index contributed by atoms with van der Waals surface area (Å²) in [5.41, 5.74) is 1.78. The topological polar surface area (TPSA) is 49.3 Å². The van der Waals surface area contributed by atoms with Gasteiger partial charge in [0.15, 0.2) is 0 Å². The molecule has 2 N–H and O–H groups in total. The summed E-state index contributed by atoms with van der Waals surface area (Å²) in [6.45, 7) is 2.53. The van der Waals surface area contributed by atoms with E-state index in [4.69, 9.17) is 0 Å². The van der Waals surface area contributed by atoms with E-state index in [1.54, 1.807) is 11.3 Å². The molecular weight excluding hydrogens is 222 g/mol. The summed E-state index contributed by atoms with van der Waals surface area (Å²) in [5.74, 6) is 0.223. The normalized spacial score (nSPS) is 24.6. The number of hydrogen-bond donors (Lipinski definition) is 2. The highest BCUT2D eigenvalue weighted by molar-refractivity contribution is 7.08. The van der Waals surface area contributed by atoms with Crippen molar-refractivity contribution in [2.75, 3.05) is 6.54 Å². The molecule has 88 valence electrons. The first-order valence-corrected chi connectivity index (χ1v) is 6.62. The van der Waals surface area contributed by atoms with Crippen molar-refractivity contribution in [2.24, 2.45) is 5.92 Å². The molecule has 1 fully saturated rings. The number of nitrogens with one attached hydrogen (secondary N) is 1. The molecule has 2 unspecified atom stereocenters. The predicted octanol–water partition coefficient (Wildman–Crippen LogP) is 1.95. The van der Waals surface area contributed by atoms with Gasteiger partial charge in [-0.25, -0.2) is 0 Å². The number of rotatable bonds is 3. The Labute approximate surface area is 99.5 Å². The summed E-state index contributed by atoms with van der Waals surface area (Å²) >= 11 is 1.54. The second-order valence-corrected chi connectivity index (χ2v) is 5.18. The third kappa shape index (κ3) is 2.44. The lowest BCUT2D eigenvalue weighted by molar-refractivity contribution is 0.0916. The number of aliphatic hydroxyl groups is 1. The third-order valence-corrected chi connectivity index (χ3v) is 4.11. The highest BCUT2D eigenvalue weighted by Gasteiger charge is 2.25. The van der Waals surface area contributed by atoms with Crippen molar-refractivity contribution in [3.8, 4) is 0 Å². The maximum atomic E-state index is 11.8. The van der Waals surface area contributed by atoms with Crippen LogP contribution in [0.5, 0.6) is 0 Å². The molecule has 1 aromatic heterocycles. The van der Waals surface area contributed by atoms with Crippen molar-refractivity contribution in [1.82, 2.24) is 5.32 Å². The Morgan fingerprint density at radius 3 is 2.94 bits per heavy atom. The van der Waals surface area contributed by atoms with Gasteiger partial charge in [0, 0.05) is 17.8 Å². The van der Waals surface area contributed by atoms with E-state index in [0.29, 0.717) is 6.54 Å². The number of aliphatic hydroxyl groups excluding tert-OH is 1. The fourth-order valence-electron chi connectivity index (χ4n) is 2.17. The van der Waals surface area contributed by atoms with Gasteiger partial charge in [0.25, 0.3) is 5.91 Å². The number of carbonyl (C=O) groups is 1. The van der Waals surface area contributed by atoms with E-state index in [-0.39, 0.29) is 17.9 Å². The number of amides is 1. The third-order valence-electron chi connectivity index (χ3n) is 3.24. The monoisotopic (exact) mass is 239 g/mol. The first-order chi connectivity index (χ1) is 7.68. The van der Waals surface area contributed by atoms with E-state index in [1.807, 2.05) is 17.7 Å². The minimum absolute atomic E-state index is 0.0159. The molecule has 1 saturated carbocycles. The molecule has 0 aliphatic heterocycles. The number of carbonyl (C=O) groups excluding carboxylic acids is 1. The van der Waals surface area contributed by atoms with Gasteiger partial charge >= 0.3 is 0 Å². The summed E-state index contributed by atoms with van der Waals surface area (Å²) in [6.07, 6.45) is 2.73. The van der Waals surface area contributed by atoms with E-state index in [1.165, 1.54) is 0 Å². The Balaban J connectivity index is 1.86. The molecule has 1 heterocycles. The molecule has 0 saturated heterocycles. The summed E-state index contributed by atoms with van der Waals surface area (Å²) in [7, 11) is 0. The summed E-state index contributed by atoms with van der Waals surface area (Å²) < 4.78 is 0. The van der Waals surface area contributed by atoms with Crippen LogP contribution in [0.3, 0.4) is 0 Å². The van der Waals surface area contributed by atoms with Crippen LogP contribution in [0.4, 0.5) is 0 Å². The molecule has 2 atom stereocenters. The van der Waals surface area contributed by atoms with Gasteiger partial charge in [0.2, 0.25) is 0 Å². The van der Waals surface area contributed by atoms with Crippen molar-refractivity contribution in [1.29, 1.82) is 0 Å². The first kappa shape index (κ1) is 11.6. The van der Waals surface area contributed by atoms with Crippen LogP contribution in [0.15, 0.2) is 10.8 Å². The predicted molar refractivity (Wildman–Crippen MR) is 64.7 cm³/mol. The first-order valence-electron chi connectivity index (χ1n) is 5.67. The van der Waals surface area contributed by atoms with Gasteiger partial charge in [0.05, 0.1) is 11.7 Å². The molecule has 0 bridgehead atoms. The second kappa shape index (κ2) is 4.97. The average molecular weight is 239 g/mol. The van der Waals surface area contributed by atoms with E-state index in [2.05, 4.69) is 5.32 Å². The summed E-state index contributed by atoms with van der Waals surface area (Å²) in [4.78, 5) is 11.8. The van der Waals surface area contributed by atoms with Crippen molar-refractivity contribution in [3.63, 3.8) is 0 Å². The number of aryl methyl sites for hydroxylation is 1. The zero-order valence-corrected chi connectivity index (χ0v) is 10.2. The van der Waals surface area contributed by atoms with Gasteiger partial charge in [-0.2, -0.15) is 11.3 Å². The zero-order valence-electron chi connectivity index (χ0n) is 9.40. The SMILES string of the molecule is Cc1cscc1C(=O)NCC1CCCC1O. The molecule has 1 aliphatic rings. The molecule has 0 aromatic carbocycles. The molecule has 16 heavy (non-hydrogen) atoms. The smallest absolute Gasteiger partial charge is 0.252 e. The summed E-state index contributed by atoms with van der Waals surface area (Å²) in [5, 5.41) is 16.4. The standard InChI is InChI=1S/C12H17NO2S/c1-8-6-16-7-10(8)12(15)13-5-9-3-2-4-11(9)14/h6-7,9,11,14H,2-5H2,1H3,(H,13,15). The van der Waals surface area contributed by atoms with Crippen LogP contribution in [-0.4, -0.2) is 23.7 Å². The van der Waals surface area contributed by atoms with Crippen LogP contribution >= 0.6 is 11.3 Å². The number of thiophene rings is 1. The van der Waals surface area contributed by atoms with Gasteiger partial charge in [-0.15, -0.1) is 0 Å². The lowest BCUT2D eigenvalue weighted by Gasteiger charge is -2.14. The Hall–Kier alpha value is -0.870. The van der Waals surface area contributed by atoms with E-state index in [0.717, 1.165) is 30.4 Å². The van der Waals surface area contributed by atoms with Gasteiger partial charge in [-0.1, -0.05) is 6.42 Å². The van der Waals surface area contributed by atoms with E-state index >= 15 is 0 Å². The molecule has 1 aliphatic carbocycles. The molecule has 2 rings (SSSR count). The van der Waals surface area contributed by atoms with Crippen LogP contribution in [0, 0.1) is 12.8 Å². The Morgan fingerprint density at radius 2 is 2.38 bits per heavy atom. The minimum atomic E-state index is -0.233. The Kier molecular flexibility index (Phi) is 3.61. The van der Waals surface area contributed by atoms with Gasteiger partial charge in [-0.05, 0) is 30.7 Å². The fraction of sp³-hybridized carbons (Fsp3) is 0.583. The molecule has 0 spiro atoms. The minimum Gasteiger partial charge on any atom is -0.393 e. The van der Waals surface area contributed by atoms with Gasteiger partial charge in [0.1, 0.15) is 0 Å². The van der Waals surface area contributed by atoms with Crippen molar-refractivity contribution < 1.29 is 9.90 Å². The van der Waals surface area contributed by atoms with Crippen LogP contribution in [0.25, 0.3) is 0 Å². The maximum absolute atomic E-state index is 11.8. The fourth-order valence-corrected chi connectivity index (χ4v) is 3.00. The molecule has 0 radical (unpaired) electrons. The van der Waals surface area contributed by atoms with Crippen LogP contribution in [0.1, 0.15) is 35.2 Å². The molecule has 4 heteroatoms. The molecule has 1 aromatic rings. The molecular formula is C12H17NO2S. The van der Waals surface area contributed by atoms with Crippen LogP contribution < -0.4 is 5.32 Å². The van der Waals surface area contributed by atoms with Crippen LogP contribution in [0.2, 0.25) is 0 Å². The largest absolute Gasteiger partial charge is 0.393 e. The highest BCUT2D eigenvalue weighted by Crippen LogP contribution is 2.24. The van der Waals surface area contributed by atoms with Crippen molar-refractivity contribution >= 4 is 17.2 Å². The summed E-state index contributed by atoms with van der Waals surface area (Å²) in [6, 6.07) is 0. The lowest BCUT2D eigenvalue weighted by atomic mass is 10.1. The quantitative estimate of drug-likeness (QED) is 0.847. The second-order valence-electron chi connectivity index (χ2n) is 4.44. The van der Waals surface area contributed by atoms with Crippen molar-refractivity contribution in [3.05, 3.63) is 21.9 Å². The van der Waals surface area contributed by atoms with Gasteiger partial charge < -0.3 is 10.4 Å². The maximum Gasteiger partial charge on any atom is 0.252 e. The lowest BCUT2D eigenvalue weighted by Crippen LogP contribution is -2.32. The van der Waals surface area contributed by atoms with E-state index in [9.17, 15) is 9.90 Å². The van der Waals surface area contributed by atoms with Crippen molar-refractivity contribution in [2.45, 2.75) is 32.3 Å². The average Bonchev–Trinajstić information content (AvgIpc) is 2.84. The molecule has 1 amide bonds. The van der Waals surface area contributed by atoms with Gasteiger partial charge in [-0.3, -0.25) is 4.79 Å². The highest BCUT2D eigenvalue weighted by atomic mass is 32.1. The van der Waals surface area contributed by atoms with E-state index < -0.39 is 0 Å². The number of hydrogen-bond acceptors (Lipinski definition) is 3.